The van der Waals surface area contributed by atoms with Gasteiger partial charge in [-0.25, -0.2) is 0 Å². The lowest BCUT2D eigenvalue weighted by Gasteiger charge is -2.28. The molecule has 2 aromatic carbocycles. The lowest BCUT2D eigenvalue weighted by Crippen LogP contribution is -2.33. The molecule has 0 saturated heterocycles. The molecule has 0 aliphatic rings. The number of nitrogens with one attached hydrogen (secondary N) is 3. The van der Waals surface area contributed by atoms with Crippen molar-refractivity contribution in [2.24, 2.45) is 5.41 Å². The topological polar surface area (TPSA) is 108 Å². The summed E-state index contributed by atoms with van der Waals surface area (Å²) in [6.45, 7) is 8.46. The smallest absolute Gasteiger partial charge is 0.258 e. The van der Waals surface area contributed by atoms with Gasteiger partial charge in [-0.05, 0) is 56.9 Å². The highest BCUT2D eigenvalue weighted by Crippen LogP contribution is 2.28. The average Bonchev–Trinajstić information content (AvgIpc) is 3.56. The summed E-state index contributed by atoms with van der Waals surface area (Å²) in [4.78, 5) is 33.9. The van der Waals surface area contributed by atoms with E-state index >= 15 is 0 Å². The molecular formula is C32H36N6O3. The predicted molar refractivity (Wildman–Crippen MR) is 163 cm³/mol. The van der Waals surface area contributed by atoms with Crippen LogP contribution in [0.1, 0.15) is 35.3 Å². The van der Waals surface area contributed by atoms with Gasteiger partial charge in [-0.2, -0.15) is 5.10 Å². The monoisotopic (exact) mass is 552 g/mol. The summed E-state index contributed by atoms with van der Waals surface area (Å²) in [7, 11) is 4.11. The summed E-state index contributed by atoms with van der Waals surface area (Å²) >= 11 is 0. The van der Waals surface area contributed by atoms with E-state index < -0.39 is 0 Å². The van der Waals surface area contributed by atoms with Crippen LogP contribution in [0.5, 0.6) is 5.75 Å². The number of aromatic nitrogens is 4. The number of fused-ring (bicyclic) bond motifs is 1. The van der Waals surface area contributed by atoms with Crippen LogP contribution in [-0.2, 0) is 6.54 Å². The molecule has 0 atom stereocenters. The van der Waals surface area contributed by atoms with Crippen LogP contribution in [0, 0.1) is 12.3 Å². The number of amides is 1. The molecule has 0 fully saturated rings. The van der Waals surface area contributed by atoms with E-state index in [1.807, 2.05) is 55.5 Å². The van der Waals surface area contributed by atoms with Crippen LogP contribution in [0.25, 0.3) is 22.2 Å². The number of anilines is 1. The molecule has 1 amide bonds. The van der Waals surface area contributed by atoms with E-state index in [-0.39, 0.29) is 16.9 Å². The Morgan fingerprint density at radius 1 is 1.10 bits per heavy atom. The van der Waals surface area contributed by atoms with E-state index in [0.29, 0.717) is 35.7 Å². The molecule has 0 unspecified atom stereocenters. The summed E-state index contributed by atoms with van der Waals surface area (Å²) in [5.41, 5.74) is 4.88. The third kappa shape index (κ3) is 6.93. The van der Waals surface area contributed by atoms with Gasteiger partial charge in [-0.3, -0.25) is 14.3 Å². The lowest BCUT2D eigenvalue weighted by atomic mass is 9.94. The molecule has 5 aromatic rings. The molecule has 3 heterocycles. The van der Waals surface area contributed by atoms with Gasteiger partial charge in [0.1, 0.15) is 5.75 Å². The Bertz CT molecular complexity index is 1730. The van der Waals surface area contributed by atoms with Crippen LogP contribution in [-0.4, -0.2) is 57.8 Å². The first-order valence-corrected chi connectivity index (χ1v) is 13.6. The fraction of sp³-hybridized carbons (Fsp3) is 0.281. The molecule has 212 valence electrons. The number of aromatic amines is 2. The third-order valence-electron chi connectivity index (χ3n) is 6.78. The Hall–Kier alpha value is -4.63. The highest BCUT2D eigenvalue weighted by molar-refractivity contribution is 6.04. The van der Waals surface area contributed by atoms with Crippen molar-refractivity contribution < 1.29 is 9.53 Å². The van der Waals surface area contributed by atoms with E-state index in [1.54, 1.807) is 16.9 Å². The van der Waals surface area contributed by atoms with Crippen molar-refractivity contribution in [1.29, 1.82) is 0 Å². The van der Waals surface area contributed by atoms with Crippen molar-refractivity contribution in [2.45, 2.75) is 27.3 Å². The van der Waals surface area contributed by atoms with Crippen LogP contribution >= 0.6 is 0 Å². The first-order valence-electron chi connectivity index (χ1n) is 13.6. The molecular weight excluding hydrogens is 516 g/mol. The number of pyridine rings is 1. The summed E-state index contributed by atoms with van der Waals surface area (Å²) in [6.07, 6.45) is 4.74. The zero-order valence-electron chi connectivity index (χ0n) is 24.1. The summed E-state index contributed by atoms with van der Waals surface area (Å²) in [6, 6.07) is 17.6. The van der Waals surface area contributed by atoms with Crippen molar-refractivity contribution in [2.75, 3.05) is 32.6 Å². The van der Waals surface area contributed by atoms with Gasteiger partial charge < -0.3 is 24.9 Å². The maximum atomic E-state index is 12.9. The quantitative estimate of drug-likeness (QED) is 0.218. The first-order chi connectivity index (χ1) is 19.5. The molecule has 0 bridgehead atoms. The van der Waals surface area contributed by atoms with Crippen LogP contribution in [0.2, 0.25) is 0 Å². The van der Waals surface area contributed by atoms with E-state index in [0.717, 1.165) is 28.8 Å². The van der Waals surface area contributed by atoms with Gasteiger partial charge in [0.2, 0.25) is 0 Å². The number of aryl methyl sites for hydroxylation is 1. The number of H-pyrrole nitrogens is 2. The maximum Gasteiger partial charge on any atom is 0.258 e. The van der Waals surface area contributed by atoms with Crippen LogP contribution in [0.4, 0.5) is 5.69 Å². The fourth-order valence-electron chi connectivity index (χ4n) is 4.93. The normalized spacial score (nSPS) is 11.8. The highest BCUT2D eigenvalue weighted by atomic mass is 16.5. The molecule has 0 aliphatic heterocycles. The molecule has 0 spiro atoms. The van der Waals surface area contributed by atoms with Crippen molar-refractivity contribution in [3.8, 4) is 17.0 Å². The highest BCUT2D eigenvalue weighted by Gasteiger charge is 2.20. The van der Waals surface area contributed by atoms with Crippen molar-refractivity contribution in [3.05, 3.63) is 100 Å². The second-order valence-corrected chi connectivity index (χ2v) is 11.6. The first kappa shape index (κ1) is 27.9. The lowest BCUT2D eigenvalue weighted by molar-refractivity contribution is 0.102. The van der Waals surface area contributed by atoms with Crippen molar-refractivity contribution in [1.82, 2.24) is 24.6 Å². The van der Waals surface area contributed by atoms with Crippen LogP contribution in [0.15, 0.2) is 78.0 Å². The van der Waals surface area contributed by atoms with Crippen LogP contribution < -0.4 is 15.6 Å². The molecule has 3 aromatic heterocycles. The van der Waals surface area contributed by atoms with E-state index in [1.165, 1.54) is 18.0 Å². The Morgan fingerprint density at radius 2 is 1.88 bits per heavy atom. The number of carbonyl (C=O) groups excluding carboxylic acids is 1. The summed E-state index contributed by atoms with van der Waals surface area (Å²) in [5.74, 6) is 0.460. The average molecular weight is 553 g/mol. The van der Waals surface area contributed by atoms with Gasteiger partial charge in [-0.15, -0.1) is 0 Å². The second-order valence-electron chi connectivity index (χ2n) is 11.6. The Labute approximate surface area is 239 Å². The minimum absolute atomic E-state index is 0.000289. The fourth-order valence-corrected chi connectivity index (χ4v) is 4.93. The minimum atomic E-state index is -0.311. The molecule has 0 aliphatic carbocycles. The van der Waals surface area contributed by atoms with Gasteiger partial charge in [0, 0.05) is 35.3 Å². The Kier molecular flexibility index (Phi) is 7.81. The van der Waals surface area contributed by atoms with E-state index in [2.05, 4.69) is 53.2 Å². The molecule has 9 nitrogen and oxygen atoms in total. The molecule has 3 N–H and O–H groups in total. The van der Waals surface area contributed by atoms with Gasteiger partial charge >= 0.3 is 0 Å². The molecule has 5 rings (SSSR count). The largest absolute Gasteiger partial charge is 0.493 e. The zero-order valence-corrected chi connectivity index (χ0v) is 24.1. The Balaban J connectivity index is 1.29. The van der Waals surface area contributed by atoms with E-state index in [4.69, 9.17) is 4.74 Å². The summed E-state index contributed by atoms with van der Waals surface area (Å²) < 4.78 is 7.83. The molecule has 0 radical (unpaired) electrons. The molecule has 41 heavy (non-hydrogen) atoms. The molecule has 9 heteroatoms. The van der Waals surface area contributed by atoms with Crippen LogP contribution in [0.3, 0.4) is 0 Å². The number of hydrogen-bond donors (Lipinski definition) is 3. The predicted octanol–water partition coefficient (Wildman–Crippen LogP) is 5.30. The number of hydrogen-bond acceptors (Lipinski definition) is 5. The van der Waals surface area contributed by atoms with Gasteiger partial charge in [0.15, 0.2) is 0 Å². The standard InChI is InChI=1S/C32H36N6O3/c1-21-6-8-22(9-7-21)17-38-18-24(15-34-38)30(39)35-25-14-27(31(40)33-16-25)29-13-23-12-26(10-11-28(23)36-29)41-20-32(2,3)19-37(4)5/h6-16,18,36H,17,19-20H2,1-5H3,(H,33,40)(H,35,39). The zero-order chi connectivity index (χ0) is 29.1. The number of benzene rings is 2. The van der Waals surface area contributed by atoms with Gasteiger partial charge in [0.05, 0.1) is 41.9 Å². The van der Waals surface area contributed by atoms with Gasteiger partial charge in [0.25, 0.3) is 11.5 Å². The minimum Gasteiger partial charge on any atom is -0.493 e. The van der Waals surface area contributed by atoms with Crippen molar-refractivity contribution >= 4 is 22.5 Å². The Morgan fingerprint density at radius 3 is 2.63 bits per heavy atom. The maximum absolute atomic E-state index is 12.9. The number of nitrogens with zero attached hydrogens (tertiary/aromatic N) is 3. The number of rotatable bonds is 10. The van der Waals surface area contributed by atoms with Crippen molar-refractivity contribution in [3.63, 3.8) is 0 Å². The second kappa shape index (κ2) is 11.5. The van der Waals surface area contributed by atoms with E-state index in [9.17, 15) is 9.59 Å². The molecule has 0 saturated carbocycles. The van der Waals surface area contributed by atoms with Gasteiger partial charge in [-0.1, -0.05) is 43.7 Å². The summed E-state index contributed by atoms with van der Waals surface area (Å²) in [5, 5.41) is 8.12. The number of carbonyl (C=O) groups is 1. The third-order valence-corrected chi connectivity index (χ3v) is 6.78. The SMILES string of the molecule is Cc1ccc(Cn2cc(C(=O)Nc3c[nH]c(=O)c(-c4cc5cc(OCC(C)(C)CN(C)C)ccc5[nH]4)c3)cn2)cc1. The number of ether oxygens (including phenoxy) is 1.